The van der Waals surface area contributed by atoms with Crippen molar-refractivity contribution in [3.8, 4) is 34.5 Å². The molecule has 0 bridgehead atoms. The SMILES string of the molecule is COCC#Cc1cc(C(=O)NC(CO)Cc2c[nH]c3ccccc23)cc(-c2ccc(OC)c(OC)c2)c1. The van der Waals surface area contributed by atoms with Crippen molar-refractivity contribution in [3.63, 3.8) is 0 Å². The molecule has 0 aliphatic heterocycles. The zero-order valence-corrected chi connectivity index (χ0v) is 21.1. The van der Waals surface area contributed by atoms with Crippen LogP contribution < -0.4 is 14.8 Å². The standard InChI is InChI=1S/C30H30N2O5/c1-35-12-6-7-20-13-22(21-10-11-28(36-2)29(17-21)37-3)15-23(14-20)30(34)32-25(19-33)16-24-18-31-27-9-5-4-8-26(24)27/h4-5,8-11,13-15,17-18,25,31,33H,12,16,19H2,1-3H3,(H,32,34). The molecule has 190 valence electrons. The van der Waals surface area contributed by atoms with E-state index in [9.17, 15) is 9.90 Å². The van der Waals surface area contributed by atoms with Gasteiger partial charge in [-0.15, -0.1) is 0 Å². The number of benzene rings is 3. The molecule has 0 spiro atoms. The number of hydrogen-bond acceptors (Lipinski definition) is 5. The van der Waals surface area contributed by atoms with Gasteiger partial charge in [0.15, 0.2) is 11.5 Å². The summed E-state index contributed by atoms with van der Waals surface area (Å²) in [6.45, 7) is 0.0838. The van der Waals surface area contributed by atoms with Gasteiger partial charge in [0.2, 0.25) is 0 Å². The van der Waals surface area contributed by atoms with Crippen LogP contribution in [0.1, 0.15) is 21.5 Å². The molecule has 7 heteroatoms. The number of aromatic amines is 1. The van der Waals surface area contributed by atoms with E-state index in [1.165, 1.54) is 0 Å². The second-order valence-electron chi connectivity index (χ2n) is 8.52. The number of hydrogen-bond donors (Lipinski definition) is 3. The summed E-state index contributed by atoms with van der Waals surface area (Å²) in [6, 6.07) is 18.5. The van der Waals surface area contributed by atoms with E-state index in [-0.39, 0.29) is 19.1 Å². The van der Waals surface area contributed by atoms with Crippen molar-refractivity contribution in [1.82, 2.24) is 10.3 Å². The van der Waals surface area contributed by atoms with Crippen molar-refractivity contribution in [1.29, 1.82) is 0 Å². The fourth-order valence-electron chi connectivity index (χ4n) is 4.22. The Kier molecular flexibility index (Phi) is 8.47. The lowest BCUT2D eigenvalue weighted by Gasteiger charge is -2.17. The van der Waals surface area contributed by atoms with Gasteiger partial charge >= 0.3 is 0 Å². The Bertz CT molecular complexity index is 1450. The van der Waals surface area contributed by atoms with E-state index < -0.39 is 6.04 Å². The van der Waals surface area contributed by atoms with E-state index in [1.807, 2.05) is 54.7 Å². The summed E-state index contributed by atoms with van der Waals surface area (Å²) in [5, 5.41) is 14.1. The molecule has 1 aromatic heterocycles. The highest BCUT2D eigenvalue weighted by molar-refractivity contribution is 5.96. The number of aliphatic hydroxyl groups is 1. The molecule has 3 aromatic carbocycles. The smallest absolute Gasteiger partial charge is 0.251 e. The first kappa shape index (κ1) is 25.8. The summed E-state index contributed by atoms with van der Waals surface area (Å²) >= 11 is 0. The Morgan fingerprint density at radius 3 is 2.57 bits per heavy atom. The average molecular weight is 499 g/mol. The van der Waals surface area contributed by atoms with Crippen LogP contribution in [0.25, 0.3) is 22.0 Å². The molecule has 0 radical (unpaired) electrons. The molecule has 0 saturated carbocycles. The molecule has 1 amide bonds. The zero-order chi connectivity index (χ0) is 26.2. The number of aliphatic hydroxyl groups excluding tert-OH is 1. The Balaban J connectivity index is 1.63. The van der Waals surface area contributed by atoms with E-state index in [0.717, 1.165) is 27.6 Å². The van der Waals surface area contributed by atoms with Crippen LogP contribution in [0.2, 0.25) is 0 Å². The maximum Gasteiger partial charge on any atom is 0.251 e. The second-order valence-corrected chi connectivity index (χ2v) is 8.52. The number of methoxy groups -OCH3 is 3. The molecule has 1 unspecified atom stereocenters. The normalized spacial score (nSPS) is 11.5. The highest BCUT2D eigenvalue weighted by atomic mass is 16.5. The van der Waals surface area contributed by atoms with E-state index >= 15 is 0 Å². The number of H-pyrrole nitrogens is 1. The Morgan fingerprint density at radius 2 is 1.81 bits per heavy atom. The molecule has 1 heterocycles. The molecule has 4 aromatic rings. The molecule has 37 heavy (non-hydrogen) atoms. The quantitative estimate of drug-likeness (QED) is 0.301. The number of amides is 1. The minimum atomic E-state index is -0.459. The predicted octanol–water partition coefficient (Wildman–Crippen LogP) is 4.18. The van der Waals surface area contributed by atoms with Crippen molar-refractivity contribution in [2.24, 2.45) is 0 Å². The molecule has 4 rings (SSSR count). The first-order chi connectivity index (χ1) is 18.1. The van der Waals surface area contributed by atoms with Gasteiger partial charge in [-0.3, -0.25) is 4.79 Å². The third-order valence-corrected chi connectivity index (χ3v) is 6.06. The van der Waals surface area contributed by atoms with Crippen LogP contribution in [-0.4, -0.2) is 56.6 Å². The average Bonchev–Trinajstić information content (AvgIpc) is 3.34. The van der Waals surface area contributed by atoms with Crippen molar-refractivity contribution in [2.75, 3.05) is 34.5 Å². The lowest BCUT2D eigenvalue weighted by Crippen LogP contribution is -2.39. The number of aromatic nitrogens is 1. The summed E-state index contributed by atoms with van der Waals surface area (Å²) in [5.41, 5.74) is 4.80. The highest BCUT2D eigenvalue weighted by Gasteiger charge is 2.17. The summed E-state index contributed by atoms with van der Waals surface area (Å²) in [4.78, 5) is 16.6. The Hall–Kier alpha value is -4.25. The Morgan fingerprint density at radius 1 is 1.00 bits per heavy atom. The fourth-order valence-corrected chi connectivity index (χ4v) is 4.22. The number of fused-ring (bicyclic) bond motifs is 1. The number of nitrogens with one attached hydrogen (secondary N) is 2. The van der Waals surface area contributed by atoms with Gasteiger partial charge in [0, 0.05) is 35.3 Å². The van der Waals surface area contributed by atoms with Crippen molar-refractivity contribution < 1.29 is 24.1 Å². The molecule has 7 nitrogen and oxygen atoms in total. The summed E-state index contributed by atoms with van der Waals surface area (Å²) in [5.74, 6) is 6.91. The number of rotatable bonds is 9. The van der Waals surface area contributed by atoms with E-state index in [1.54, 1.807) is 33.5 Å². The van der Waals surface area contributed by atoms with Crippen LogP contribution in [0.15, 0.2) is 66.9 Å². The van der Waals surface area contributed by atoms with Crippen LogP contribution in [0.4, 0.5) is 0 Å². The second kappa shape index (κ2) is 12.1. The molecule has 0 fully saturated rings. The fraction of sp³-hybridized carbons (Fsp3) is 0.233. The van der Waals surface area contributed by atoms with E-state index in [2.05, 4.69) is 22.1 Å². The van der Waals surface area contributed by atoms with Crippen LogP contribution in [-0.2, 0) is 11.2 Å². The molecule has 3 N–H and O–H groups in total. The van der Waals surface area contributed by atoms with Gasteiger partial charge in [-0.1, -0.05) is 36.1 Å². The predicted molar refractivity (Wildman–Crippen MR) is 144 cm³/mol. The summed E-state index contributed by atoms with van der Waals surface area (Å²) < 4.78 is 15.9. The third-order valence-electron chi connectivity index (χ3n) is 6.06. The van der Waals surface area contributed by atoms with Crippen LogP contribution in [0.3, 0.4) is 0 Å². The maximum atomic E-state index is 13.3. The number of ether oxygens (including phenoxy) is 3. The first-order valence-electron chi connectivity index (χ1n) is 11.9. The van der Waals surface area contributed by atoms with Gasteiger partial charge in [0.05, 0.1) is 26.9 Å². The summed E-state index contributed by atoms with van der Waals surface area (Å²) in [6.07, 6.45) is 2.41. The van der Waals surface area contributed by atoms with Gasteiger partial charge in [-0.25, -0.2) is 0 Å². The lowest BCUT2D eigenvalue weighted by molar-refractivity contribution is 0.0916. The topological polar surface area (TPSA) is 92.8 Å². The minimum Gasteiger partial charge on any atom is -0.493 e. The van der Waals surface area contributed by atoms with E-state index in [0.29, 0.717) is 29.0 Å². The van der Waals surface area contributed by atoms with Gasteiger partial charge in [0.25, 0.3) is 5.91 Å². The third kappa shape index (κ3) is 6.12. The number of carbonyl (C=O) groups excluding carboxylic acids is 1. The molecular formula is C30H30N2O5. The molecule has 0 aliphatic carbocycles. The monoisotopic (exact) mass is 498 g/mol. The highest BCUT2D eigenvalue weighted by Crippen LogP contribution is 2.33. The molecular weight excluding hydrogens is 468 g/mol. The largest absolute Gasteiger partial charge is 0.493 e. The van der Waals surface area contributed by atoms with Gasteiger partial charge in [0.1, 0.15) is 6.61 Å². The van der Waals surface area contributed by atoms with Crippen LogP contribution in [0.5, 0.6) is 11.5 Å². The molecule has 1 atom stereocenters. The molecule has 0 aliphatic rings. The van der Waals surface area contributed by atoms with Crippen molar-refractivity contribution in [3.05, 3.63) is 83.6 Å². The maximum absolute atomic E-state index is 13.3. The van der Waals surface area contributed by atoms with Crippen LogP contribution in [0, 0.1) is 11.8 Å². The van der Waals surface area contributed by atoms with E-state index in [4.69, 9.17) is 14.2 Å². The van der Waals surface area contributed by atoms with Crippen molar-refractivity contribution >= 4 is 16.8 Å². The molecule has 0 saturated heterocycles. The van der Waals surface area contributed by atoms with Gasteiger partial charge in [-0.05, 0) is 59.5 Å². The van der Waals surface area contributed by atoms with Crippen molar-refractivity contribution in [2.45, 2.75) is 12.5 Å². The minimum absolute atomic E-state index is 0.193. The zero-order valence-electron chi connectivity index (χ0n) is 21.1. The Labute approximate surface area is 216 Å². The lowest BCUT2D eigenvalue weighted by atomic mass is 9.98. The van der Waals surface area contributed by atoms with Crippen LogP contribution >= 0.6 is 0 Å². The first-order valence-corrected chi connectivity index (χ1v) is 11.9. The van der Waals surface area contributed by atoms with Gasteiger partial charge in [-0.2, -0.15) is 0 Å². The van der Waals surface area contributed by atoms with Gasteiger partial charge < -0.3 is 29.6 Å². The number of carbonyl (C=O) groups is 1. The number of para-hydroxylation sites is 1. The summed E-state index contributed by atoms with van der Waals surface area (Å²) in [7, 11) is 4.74.